The van der Waals surface area contributed by atoms with Crippen LogP contribution in [0.2, 0.25) is 0 Å². The highest BCUT2D eigenvalue weighted by Gasteiger charge is 2.36. The first-order valence-corrected chi connectivity index (χ1v) is 5.69. The summed E-state index contributed by atoms with van der Waals surface area (Å²) in [6.45, 7) is 3.31. The number of alkyl halides is 3. The monoisotopic (exact) mass is 272 g/mol. The predicted molar refractivity (Wildman–Crippen MR) is 66.5 cm³/mol. The number of carbonyl (C=O) groups excluding carboxylic acids is 1. The van der Waals surface area contributed by atoms with Crippen LogP contribution in [0, 0.1) is 5.92 Å². The van der Waals surface area contributed by atoms with Gasteiger partial charge in [0.1, 0.15) is 0 Å². The molecule has 0 saturated carbocycles. The molecule has 1 unspecified atom stereocenters. The van der Waals surface area contributed by atoms with Gasteiger partial charge in [0.05, 0.1) is 18.9 Å². The van der Waals surface area contributed by atoms with Gasteiger partial charge in [-0.25, -0.2) is 0 Å². The first kappa shape index (κ1) is 15.4. The van der Waals surface area contributed by atoms with Gasteiger partial charge in [-0.3, -0.25) is 4.79 Å². The highest BCUT2D eigenvalue weighted by Crippen LogP contribution is 2.28. The van der Waals surface area contributed by atoms with Crippen LogP contribution in [0.25, 0.3) is 5.57 Å². The van der Waals surface area contributed by atoms with Gasteiger partial charge in [0, 0.05) is 12.7 Å². The van der Waals surface area contributed by atoms with Gasteiger partial charge in [-0.05, 0) is 5.56 Å². The number of hydrogen-bond donors (Lipinski definition) is 0. The third-order valence-electron chi connectivity index (χ3n) is 2.64. The van der Waals surface area contributed by atoms with Crippen LogP contribution < -0.4 is 0 Å². The van der Waals surface area contributed by atoms with E-state index < -0.39 is 24.3 Å². The average Bonchev–Trinajstić information content (AvgIpc) is 2.36. The molecule has 0 spiro atoms. The van der Waals surface area contributed by atoms with E-state index in [9.17, 15) is 18.0 Å². The van der Waals surface area contributed by atoms with Crippen LogP contribution in [0.1, 0.15) is 12.0 Å². The van der Waals surface area contributed by atoms with E-state index in [-0.39, 0.29) is 12.2 Å². The molecule has 0 radical (unpaired) electrons. The molecule has 0 N–H and O–H groups in total. The molecule has 104 valence electrons. The Labute approximate surface area is 109 Å². The van der Waals surface area contributed by atoms with Crippen LogP contribution in [0.4, 0.5) is 13.2 Å². The Morgan fingerprint density at radius 1 is 1.32 bits per heavy atom. The van der Waals surface area contributed by atoms with E-state index in [0.29, 0.717) is 5.56 Å². The average molecular weight is 272 g/mol. The number of halogens is 3. The van der Waals surface area contributed by atoms with Crippen molar-refractivity contribution in [3.8, 4) is 0 Å². The Bertz CT molecular complexity index is 438. The van der Waals surface area contributed by atoms with E-state index in [4.69, 9.17) is 4.74 Å². The fourth-order valence-electron chi connectivity index (χ4n) is 1.74. The minimum Gasteiger partial charge on any atom is -0.384 e. The number of allylic oxidation sites excluding steroid dienone is 1. The van der Waals surface area contributed by atoms with Crippen molar-refractivity contribution in [3.05, 3.63) is 42.5 Å². The Morgan fingerprint density at radius 3 is 2.37 bits per heavy atom. The highest BCUT2D eigenvalue weighted by atomic mass is 19.4. The lowest BCUT2D eigenvalue weighted by molar-refractivity contribution is -0.154. The van der Waals surface area contributed by atoms with E-state index in [0.717, 1.165) is 0 Å². The molecule has 0 heterocycles. The summed E-state index contributed by atoms with van der Waals surface area (Å²) >= 11 is 0. The second-order valence-electron chi connectivity index (χ2n) is 4.18. The van der Waals surface area contributed by atoms with Crippen molar-refractivity contribution in [2.24, 2.45) is 5.92 Å². The molecule has 0 aliphatic rings. The van der Waals surface area contributed by atoms with Gasteiger partial charge < -0.3 is 4.74 Å². The second kappa shape index (κ2) is 6.52. The molecule has 1 aromatic rings. The molecule has 19 heavy (non-hydrogen) atoms. The number of ketones is 1. The molecule has 0 aromatic heterocycles. The highest BCUT2D eigenvalue weighted by molar-refractivity contribution is 6.21. The molecule has 0 saturated heterocycles. The van der Waals surface area contributed by atoms with Gasteiger partial charge in [-0.15, -0.1) is 0 Å². The largest absolute Gasteiger partial charge is 0.389 e. The van der Waals surface area contributed by atoms with E-state index in [2.05, 4.69) is 6.58 Å². The first-order valence-electron chi connectivity index (χ1n) is 5.69. The number of methoxy groups -OCH3 is 1. The van der Waals surface area contributed by atoms with Crippen LogP contribution >= 0.6 is 0 Å². The summed E-state index contributed by atoms with van der Waals surface area (Å²) in [5.41, 5.74) is 0.600. The normalized spacial score (nSPS) is 13.1. The zero-order valence-electron chi connectivity index (χ0n) is 10.5. The van der Waals surface area contributed by atoms with Crippen LogP contribution in [0.15, 0.2) is 36.9 Å². The molecule has 2 nitrogen and oxygen atoms in total. The minimum atomic E-state index is -4.41. The number of carbonyl (C=O) groups is 1. The lowest BCUT2D eigenvalue weighted by Gasteiger charge is -2.18. The molecule has 0 aliphatic heterocycles. The van der Waals surface area contributed by atoms with Crippen molar-refractivity contribution in [2.75, 3.05) is 13.7 Å². The molecule has 5 heteroatoms. The molecule has 0 bridgehead atoms. The zero-order valence-corrected chi connectivity index (χ0v) is 10.5. The topological polar surface area (TPSA) is 26.3 Å². The van der Waals surface area contributed by atoms with Crippen molar-refractivity contribution < 1.29 is 22.7 Å². The Balaban J connectivity index is 2.85. The van der Waals surface area contributed by atoms with E-state index in [1.54, 1.807) is 30.3 Å². The number of Topliss-reactive ketones (excluding diaryl/α,β-unsaturated/α-hetero) is 1. The van der Waals surface area contributed by atoms with Gasteiger partial charge in [0.2, 0.25) is 0 Å². The van der Waals surface area contributed by atoms with Gasteiger partial charge in [0.25, 0.3) is 0 Å². The fraction of sp³-hybridized carbons (Fsp3) is 0.357. The third-order valence-corrected chi connectivity index (χ3v) is 2.64. The lowest BCUT2D eigenvalue weighted by atomic mass is 9.92. The molecular weight excluding hydrogens is 257 g/mol. The summed E-state index contributed by atoms with van der Waals surface area (Å²) in [5, 5.41) is 0. The molecule has 1 atom stereocenters. The lowest BCUT2D eigenvalue weighted by Crippen LogP contribution is -2.26. The number of ether oxygens (including phenoxy) is 1. The van der Waals surface area contributed by atoms with Gasteiger partial charge in [-0.2, -0.15) is 13.2 Å². The van der Waals surface area contributed by atoms with Crippen LogP contribution in [-0.2, 0) is 9.53 Å². The van der Waals surface area contributed by atoms with Crippen LogP contribution in [0.5, 0.6) is 0 Å². The molecule has 0 fully saturated rings. The Kier molecular flexibility index (Phi) is 5.30. The van der Waals surface area contributed by atoms with Crippen molar-refractivity contribution in [1.82, 2.24) is 0 Å². The van der Waals surface area contributed by atoms with E-state index in [1.165, 1.54) is 7.11 Å². The summed E-state index contributed by atoms with van der Waals surface area (Å²) in [6, 6.07) is 8.42. The van der Waals surface area contributed by atoms with Crippen molar-refractivity contribution in [1.29, 1.82) is 0 Å². The first-order chi connectivity index (χ1) is 8.85. The molecule has 1 aromatic carbocycles. The van der Waals surface area contributed by atoms with Crippen LogP contribution in [-0.4, -0.2) is 25.7 Å². The molecule has 0 aliphatic carbocycles. The standard InChI is InChI=1S/C14H15F3O2/c1-10(11-6-4-3-5-7-11)13(18)12(9-19-2)8-14(15,16)17/h3-7,12H,1,8-9H2,2H3. The van der Waals surface area contributed by atoms with Crippen molar-refractivity contribution in [3.63, 3.8) is 0 Å². The predicted octanol–water partition coefficient (Wildman–Crippen LogP) is 3.48. The van der Waals surface area contributed by atoms with E-state index in [1.807, 2.05) is 0 Å². The fourth-order valence-corrected chi connectivity index (χ4v) is 1.74. The maximum atomic E-state index is 12.4. The summed E-state index contributed by atoms with van der Waals surface area (Å²) in [6.07, 6.45) is -5.61. The number of rotatable bonds is 6. The van der Waals surface area contributed by atoms with E-state index >= 15 is 0 Å². The smallest absolute Gasteiger partial charge is 0.384 e. The summed E-state index contributed by atoms with van der Waals surface area (Å²) in [5.74, 6) is -1.89. The summed E-state index contributed by atoms with van der Waals surface area (Å²) < 4.78 is 41.9. The summed E-state index contributed by atoms with van der Waals surface area (Å²) in [7, 11) is 1.27. The SMILES string of the molecule is C=C(C(=O)C(COC)CC(F)(F)F)c1ccccc1. The third kappa shape index (κ3) is 4.87. The Morgan fingerprint density at radius 2 is 1.89 bits per heavy atom. The van der Waals surface area contributed by atoms with Gasteiger partial charge in [-0.1, -0.05) is 36.9 Å². The van der Waals surface area contributed by atoms with Crippen molar-refractivity contribution >= 4 is 11.4 Å². The summed E-state index contributed by atoms with van der Waals surface area (Å²) in [4.78, 5) is 12.0. The number of benzene rings is 1. The second-order valence-corrected chi connectivity index (χ2v) is 4.18. The maximum absolute atomic E-state index is 12.4. The molecule has 1 rings (SSSR count). The van der Waals surface area contributed by atoms with Crippen LogP contribution in [0.3, 0.4) is 0 Å². The molecule has 0 amide bonds. The zero-order chi connectivity index (χ0) is 14.5. The number of hydrogen-bond acceptors (Lipinski definition) is 2. The van der Waals surface area contributed by atoms with Crippen molar-refractivity contribution in [2.45, 2.75) is 12.6 Å². The van der Waals surface area contributed by atoms with Gasteiger partial charge in [0.15, 0.2) is 5.78 Å². The van der Waals surface area contributed by atoms with Gasteiger partial charge >= 0.3 is 6.18 Å². The quantitative estimate of drug-likeness (QED) is 0.741. The Hall–Kier alpha value is -1.62. The molecular formula is C14H15F3O2. The maximum Gasteiger partial charge on any atom is 0.389 e. The minimum absolute atomic E-state index is 0.0758.